The molecule has 4 aromatic rings. The molecule has 2 aromatic heterocycles. The fraction of sp³-hybridized carbons (Fsp3) is 0.222. The molecule has 38 heavy (non-hydrogen) atoms. The van der Waals surface area contributed by atoms with Crippen LogP contribution in [0.15, 0.2) is 76.4 Å². The van der Waals surface area contributed by atoms with Crippen LogP contribution in [-0.2, 0) is 7.05 Å². The van der Waals surface area contributed by atoms with Gasteiger partial charge in [0.2, 0.25) is 0 Å². The number of likely N-dealkylation sites (tertiary alicyclic amines) is 1. The van der Waals surface area contributed by atoms with Crippen LogP contribution in [-0.4, -0.2) is 54.4 Å². The summed E-state index contributed by atoms with van der Waals surface area (Å²) >= 11 is 0. The molecule has 0 spiro atoms. The zero-order chi connectivity index (χ0) is 26.8. The van der Waals surface area contributed by atoms with Crippen LogP contribution in [0.2, 0.25) is 0 Å². The Morgan fingerprint density at radius 1 is 0.974 bits per heavy atom. The van der Waals surface area contributed by atoms with E-state index in [0.29, 0.717) is 42.9 Å². The quantitative estimate of drug-likeness (QED) is 0.373. The number of rotatable bonds is 5. The van der Waals surface area contributed by atoms with Crippen molar-refractivity contribution in [1.82, 2.24) is 24.2 Å². The molecule has 0 atom stereocenters. The monoisotopic (exact) mass is 514 g/mol. The van der Waals surface area contributed by atoms with Gasteiger partial charge in [-0.3, -0.25) is 9.78 Å². The van der Waals surface area contributed by atoms with E-state index in [1.165, 1.54) is 21.4 Å². The number of carboxylic acid groups (broad SMARTS) is 1. The summed E-state index contributed by atoms with van der Waals surface area (Å²) < 4.78 is 2.79. The number of carboxylic acids is 1. The molecule has 1 fully saturated rings. The van der Waals surface area contributed by atoms with Gasteiger partial charge in [-0.2, -0.15) is 0 Å². The highest BCUT2D eigenvalue weighted by molar-refractivity contribution is 5.91. The standard InChI is InChI=1S/C27H26N6O5/c1-31-16-20(18-8-5-9-19(14-18)25(35)36)15-22(24(31)34)28-26(37)32-12-10-21(11-13-32)33-27(38)29-23(30-33)17-6-3-2-4-7-17/h2-9,14-16,21H,10-13H2,1H3,(H,28,37)(H,35,36)(H,29,30,38). The van der Waals surface area contributed by atoms with E-state index in [9.17, 15) is 24.3 Å². The van der Waals surface area contributed by atoms with E-state index in [0.717, 1.165) is 5.56 Å². The lowest BCUT2D eigenvalue weighted by atomic mass is 10.0. The Balaban J connectivity index is 1.28. The Morgan fingerprint density at radius 3 is 2.39 bits per heavy atom. The number of nitrogens with zero attached hydrogens (tertiary/aromatic N) is 4. The zero-order valence-corrected chi connectivity index (χ0v) is 20.6. The van der Waals surface area contributed by atoms with Crippen molar-refractivity contribution >= 4 is 17.7 Å². The maximum atomic E-state index is 13.0. The minimum absolute atomic E-state index is 0.0916. The average molecular weight is 515 g/mol. The topological polar surface area (TPSA) is 142 Å². The van der Waals surface area contributed by atoms with Gasteiger partial charge in [-0.1, -0.05) is 42.5 Å². The molecule has 1 saturated heterocycles. The van der Waals surface area contributed by atoms with Crippen molar-refractivity contribution in [3.63, 3.8) is 0 Å². The molecule has 0 bridgehead atoms. The van der Waals surface area contributed by atoms with Gasteiger partial charge in [0.1, 0.15) is 5.69 Å². The van der Waals surface area contributed by atoms with Gasteiger partial charge < -0.3 is 19.9 Å². The molecule has 11 heteroatoms. The van der Waals surface area contributed by atoms with Gasteiger partial charge in [-0.25, -0.2) is 19.1 Å². The lowest BCUT2D eigenvalue weighted by molar-refractivity contribution is 0.0697. The number of carbonyl (C=O) groups is 2. The molecule has 0 radical (unpaired) electrons. The maximum Gasteiger partial charge on any atom is 0.343 e. The number of aromatic nitrogens is 4. The minimum atomic E-state index is -1.05. The number of pyridine rings is 1. The van der Waals surface area contributed by atoms with Crippen LogP contribution < -0.4 is 16.6 Å². The normalized spacial score (nSPS) is 13.9. The molecule has 0 aliphatic carbocycles. The van der Waals surface area contributed by atoms with Crippen LogP contribution in [0.5, 0.6) is 0 Å². The number of hydrogen-bond donors (Lipinski definition) is 3. The molecular weight excluding hydrogens is 488 g/mol. The molecule has 0 saturated carbocycles. The predicted molar refractivity (Wildman–Crippen MR) is 141 cm³/mol. The molecule has 5 rings (SSSR count). The summed E-state index contributed by atoms with van der Waals surface area (Å²) in [5.41, 5.74) is 1.55. The van der Waals surface area contributed by atoms with Gasteiger partial charge in [0, 0.05) is 37.5 Å². The van der Waals surface area contributed by atoms with E-state index in [4.69, 9.17) is 0 Å². The summed E-state index contributed by atoms with van der Waals surface area (Å²) in [6.45, 7) is 0.772. The van der Waals surface area contributed by atoms with Crippen molar-refractivity contribution in [3.8, 4) is 22.5 Å². The van der Waals surface area contributed by atoms with Crippen LogP contribution in [0.1, 0.15) is 29.2 Å². The molecule has 1 aliphatic rings. The fourth-order valence-corrected chi connectivity index (χ4v) is 4.61. The highest BCUT2D eigenvalue weighted by Crippen LogP contribution is 2.24. The Bertz CT molecular complexity index is 1610. The summed E-state index contributed by atoms with van der Waals surface area (Å²) in [7, 11) is 1.57. The third kappa shape index (κ3) is 4.99. The van der Waals surface area contributed by atoms with Crippen LogP contribution in [0.4, 0.5) is 10.5 Å². The predicted octanol–water partition coefficient (Wildman–Crippen LogP) is 3.17. The van der Waals surface area contributed by atoms with Gasteiger partial charge in [0.15, 0.2) is 5.82 Å². The summed E-state index contributed by atoms with van der Waals surface area (Å²) in [6, 6.07) is 16.7. The first-order valence-corrected chi connectivity index (χ1v) is 12.1. The average Bonchev–Trinajstić information content (AvgIpc) is 3.33. The molecule has 11 nitrogen and oxygen atoms in total. The van der Waals surface area contributed by atoms with E-state index >= 15 is 0 Å². The Labute approximate surface area is 217 Å². The van der Waals surface area contributed by atoms with Gasteiger partial charge >= 0.3 is 17.7 Å². The molecule has 194 valence electrons. The van der Waals surface area contributed by atoms with Crippen molar-refractivity contribution in [1.29, 1.82) is 0 Å². The summed E-state index contributed by atoms with van der Waals surface area (Å²) in [6.07, 6.45) is 2.66. The third-order valence-corrected chi connectivity index (χ3v) is 6.65. The van der Waals surface area contributed by atoms with Gasteiger partial charge in [-0.15, -0.1) is 5.10 Å². The second kappa shape index (κ2) is 10.2. The summed E-state index contributed by atoms with van der Waals surface area (Å²) in [4.78, 5) is 54.0. The molecule has 2 aromatic carbocycles. The van der Waals surface area contributed by atoms with E-state index in [1.807, 2.05) is 30.3 Å². The maximum absolute atomic E-state index is 13.0. The molecule has 1 aliphatic heterocycles. The first kappa shape index (κ1) is 24.8. The SMILES string of the molecule is Cn1cc(-c2cccc(C(=O)O)c2)cc(NC(=O)N2CCC(n3nc(-c4ccccc4)[nH]c3=O)CC2)c1=O. The number of amides is 2. The number of aromatic amines is 1. The Kier molecular flexibility index (Phi) is 6.65. The highest BCUT2D eigenvalue weighted by Gasteiger charge is 2.27. The molecule has 3 N–H and O–H groups in total. The Hall–Kier alpha value is -4.93. The van der Waals surface area contributed by atoms with Crippen molar-refractivity contribution in [2.75, 3.05) is 18.4 Å². The largest absolute Gasteiger partial charge is 0.478 e. The number of benzene rings is 2. The summed E-state index contributed by atoms with van der Waals surface area (Å²) in [5, 5.41) is 16.5. The smallest absolute Gasteiger partial charge is 0.343 e. The van der Waals surface area contributed by atoms with E-state index in [2.05, 4.69) is 15.4 Å². The van der Waals surface area contributed by atoms with Crippen LogP contribution >= 0.6 is 0 Å². The number of hydrogen-bond acceptors (Lipinski definition) is 5. The van der Waals surface area contributed by atoms with E-state index in [1.54, 1.807) is 36.3 Å². The van der Waals surface area contributed by atoms with E-state index < -0.39 is 12.0 Å². The molecule has 0 unspecified atom stereocenters. The number of anilines is 1. The van der Waals surface area contributed by atoms with Crippen molar-refractivity contribution in [2.24, 2.45) is 7.05 Å². The zero-order valence-electron chi connectivity index (χ0n) is 20.6. The number of nitrogens with one attached hydrogen (secondary N) is 2. The Morgan fingerprint density at radius 2 is 1.68 bits per heavy atom. The molecular formula is C27H26N6O5. The number of piperidine rings is 1. The van der Waals surface area contributed by atoms with Crippen LogP contribution in [0.3, 0.4) is 0 Å². The van der Waals surface area contributed by atoms with Crippen LogP contribution in [0.25, 0.3) is 22.5 Å². The van der Waals surface area contributed by atoms with Gasteiger partial charge in [0.05, 0.1) is 11.6 Å². The first-order valence-electron chi connectivity index (χ1n) is 12.1. The number of carbonyl (C=O) groups excluding carboxylic acids is 1. The molecule has 3 heterocycles. The minimum Gasteiger partial charge on any atom is -0.478 e. The van der Waals surface area contributed by atoms with Crippen molar-refractivity contribution < 1.29 is 14.7 Å². The number of aryl methyl sites for hydroxylation is 1. The van der Waals surface area contributed by atoms with E-state index in [-0.39, 0.29) is 28.5 Å². The van der Waals surface area contributed by atoms with Crippen molar-refractivity contribution in [2.45, 2.75) is 18.9 Å². The van der Waals surface area contributed by atoms with Gasteiger partial charge in [0.25, 0.3) is 5.56 Å². The number of urea groups is 1. The second-order valence-electron chi connectivity index (χ2n) is 9.18. The van der Waals surface area contributed by atoms with Gasteiger partial charge in [-0.05, 0) is 36.6 Å². The second-order valence-corrected chi connectivity index (χ2v) is 9.18. The lowest BCUT2D eigenvalue weighted by Gasteiger charge is -2.31. The highest BCUT2D eigenvalue weighted by atomic mass is 16.4. The van der Waals surface area contributed by atoms with Crippen LogP contribution in [0, 0.1) is 0 Å². The first-order chi connectivity index (χ1) is 18.3. The molecule has 2 amide bonds. The fourth-order valence-electron chi connectivity index (χ4n) is 4.61. The summed E-state index contributed by atoms with van der Waals surface area (Å²) in [5.74, 6) is -0.553. The van der Waals surface area contributed by atoms with Crippen molar-refractivity contribution in [3.05, 3.63) is 93.3 Å². The number of aromatic carboxylic acids is 1. The number of H-pyrrole nitrogens is 1. The third-order valence-electron chi connectivity index (χ3n) is 6.65. The lowest BCUT2D eigenvalue weighted by Crippen LogP contribution is -2.43.